The second-order valence-corrected chi connectivity index (χ2v) is 5.47. The first-order chi connectivity index (χ1) is 8.70. The molecule has 2 nitrogen and oxygen atoms in total. The lowest BCUT2D eigenvalue weighted by Crippen LogP contribution is -2.25. The number of rotatable bonds is 5. The van der Waals surface area contributed by atoms with Crippen LogP contribution in [0, 0.1) is 19.8 Å². The fourth-order valence-corrected chi connectivity index (χ4v) is 2.85. The van der Waals surface area contributed by atoms with Gasteiger partial charge < -0.3 is 10.1 Å². The maximum atomic E-state index is 5.95. The number of ether oxygens (including phenoxy) is 1. The molecule has 1 aliphatic heterocycles. The third-order valence-corrected chi connectivity index (χ3v) is 3.62. The minimum atomic E-state index is 0.285. The van der Waals surface area contributed by atoms with Crippen molar-refractivity contribution in [3.63, 3.8) is 0 Å². The minimum Gasteiger partial charge on any atom is -0.373 e. The Morgan fingerprint density at radius 3 is 2.61 bits per heavy atom. The molecule has 2 atom stereocenters. The summed E-state index contributed by atoms with van der Waals surface area (Å²) in [5, 5.41) is 3.53. The molecule has 0 aromatic heterocycles. The van der Waals surface area contributed by atoms with Gasteiger partial charge in [-0.1, -0.05) is 36.2 Å². The Bertz CT molecular complexity index is 368. The molecule has 0 bridgehead atoms. The average molecular weight is 247 g/mol. The fraction of sp³-hybridized carbons (Fsp3) is 0.625. The second-order valence-electron chi connectivity index (χ2n) is 5.47. The molecule has 0 spiro atoms. The lowest BCUT2D eigenvalue weighted by molar-refractivity contribution is 0.0905. The van der Waals surface area contributed by atoms with Crippen LogP contribution >= 0.6 is 0 Å². The Labute approximate surface area is 111 Å². The minimum absolute atomic E-state index is 0.285. The summed E-state index contributed by atoms with van der Waals surface area (Å²) in [7, 11) is 0. The molecule has 1 N–H and O–H groups in total. The van der Waals surface area contributed by atoms with Crippen molar-refractivity contribution in [2.45, 2.75) is 39.7 Å². The number of nitrogens with one attached hydrogen (secondary N) is 1. The number of hydrogen-bond acceptors (Lipinski definition) is 2. The van der Waals surface area contributed by atoms with Gasteiger partial charge in [0.2, 0.25) is 0 Å². The zero-order valence-corrected chi connectivity index (χ0v) is 11.8. The van der Waals surface area contributed by atoms with E-state index in [0.717, 1.165) is 19.7 Å². The topological polar surface area (TPSA) is 21.3 Å². The maximum absolute atomic E-state index is 5.95. The van der Waals surface area contributed by atoms with Crippen LogP contribution in [0.2, 0.25) is 0 Å². The van der Waals surface area contributed by atoms with E-state index in [-0.39, 0.29) is 6.10 Å². The predicted molar refractivity (Wildman–Crippen MR) is 75.9 cm³/mol. The van der Waals surface area contributed by atoms with Crippen molar-refractivity contribution in [3.8, 4) is 0 Å². The smallest absolute Gasteiger partial charge is 0.0866 e. The van der Waals surface area contributed by atoms with Crippen molar-refractivity contribution in [1.82, 2.24) is 5.32 Å². The highest BCUT2D eigenvalue weighted by molar-refractivity contribution is 5.30. The Kier molecular flexibility index (Phi) is 4.79. The molecule has 0 amide bonds. The molecule has 1 aliphatic rings. The standard InChI is InChI=1S/C16H25NO/c1-4-6-17-11-14-5-7-18-16(14)15-9-12(2)8-13(3)10-15/h8-10,14,16-17H,4-7,11H2,1-3H3. The van der Waals surface area contributed by atoms with E-state index >= 15 is 0 Å². The van der Waals surface area contributed by atoms with Gasteiger partial charge in [0.05, 0.1) is 6.10 Å². The van der Waals surface area contributed by atoms with Crippen LogP contribution in [0.5, 0.6) is 0 Å². The molecular formula is C16H25NO. The highest BCUT2D eigenvalue weighted by Crippen LogP contribution is 2.34. The van der Waals surface area contributed by atoms with Gasteiger partial charge in [-0.25, -0.2) is 0 Å². The molecule has 2 rings (SSSR count). The van der Waals surface area contributed by atoms with Crippen molar-refractivity contribution in [2.24, 2.45) is 5.92 Å². The quantitative estimate of drug-likeness (QED) is 0.805. The van der Waals surface area contributed by atoms with Crippen molar-refractivity contribution in [1.29, 1.82) is 0 Å². The molecule has 2 unspecified atom stereocenters. The molecule has 0 aliphatic carbocycles. The Hall–Kier alpha value is -0.860. The van der Waals surface area contributed by atoms with Crippen LogP contribution in [0.3, 0.4) is 0 Å². The summed E-state index contributed by atoms with van der Waals surface area (Å²) < 4.78 is 5.95. The SMILES string of the molecule is CCCNCC1CCOC1c1cc(C)cc(C)c1. The second kappa shape index (κ2) is 6.35. The molecule has 1 aromatic carbocycles. The van der Waals surface area contributed by atoms with Gasteiger partial charge in [-0.2, -0.15) is 0 Å². The predicted octanol–water partition coefficient (Wildman–Crippen LogP) is 3.38. The van der Waals surface area contributed by atoms with Crippen LogP contribution in [0.15, 0.2) is 18.2 Å². The highest BCUT2D eigenvalue weighted by Gasteiger charge is 2.29. The van der Waals surface area contributed by atoms with E-state index in [9.17, 15) is 0 Å². The molecule has 1 heterocycles. The average Bonchev–Trinajstić information content (AvgIpc) is 2.76. The monoisotopic (exact) mass is 247 g/mol. The number of hydrogen-bond donors (Lipinski definition) is 1. The largest absolute Gasteiger partial charge is 0.373 e. The molecule has 2 heteroatoms. The summed E-state index contributed by atoms with van der Waals surface area (Å²) in [6.07, 6.45) is 2.66. The van der Waals surface area contributed by atoms with E-state index in [4.69, 9.17) is 4.74 Å². The van der Waals surface area contributed by atoms with Crippen LogP contribution in [-0.2, 0) is 4.74 Å². The first-order valence-electron chi connectivity index (χ1n) is 7.11. The number of aryl methyl sites for hydroxylation is 2. The molecule has 1 saturated heterocycles. The third kappa shape index (κ3) is 3.33. The van der Waals surface area contributed by atoms with Gasteiger partial charge >= 0.3 is 0 Å². The van der Waals surface area contributed by atoms with Gasteiger partial charge in [0.15, 0.2) is 0 Å². The van der Waals surface area contributed by atoms with Crippen molar-refractivity contribution < 1.29 is 4.74 Å². The fourth-order valence-electron chi connectivity index (χ4n) is 2.85. The van der Waals surface area contributed by atoms with E-state index in [1.165, 1.54) is 29.5 Å². The van der Waals surface area contributed by atoms with Gasteiger partial charge in [0.25, 0.3) is 0 Å². The van der Waals surface area contributed by atoms with Gasteiger partial charge in [0.1, 0.15) is 0 Å². The molecule has 100 valence electrons. The maximum Gasteiger partial charge on any atom is 0.0866 e. The third-order valence-electron chi connectivity index (χ3n) is 3.62. The number of benzene rings is 1. The van der Waals surface area contributed by atoms with Crippen molar-refractivity contribution >= 4 is 0 Å². The molecule has 1 fully saturated rings. The normalized spacial score (nSPS) is 23.5. The molecular weight excluding hydrogens is 222 g/mol. The zero-order valence-electron chi connectivity index (χ0n) is 11.8. The van der Waals surface area contributed by atoms with Crippen LogP contribution in [0.4, 0.5) is 0 Å². The molecule has 0 radical (unpaired) electrons. The summed E-state index contributed by atoms with van der Waals surface area (Å²) >= 11 is 0. The molecule has 1 aromatic rings. The molecule has 0 saturated carbocycles. The summed E-state index contributed by atoms with van der Waals surface area (Å²) in [6, 6.07) is 6.77. The lowest BCUT2D eigenvalue weighted by Gasteiger charge is -2.20. The molecule has 18 heavy (non-hydrogen) atoms. The van der Waals surface area contributed by atoms with Crippen LogP contribution in [0.1, 0.15) is 42.6 Å². The summed E-state index contributed by atoms with van der Waals surface area (Å²) in [5.41, 5.74) is 4.02. The van der Waals surface area contributed by atoms with Crippen molar-refractivity contribution in [2.75, 3.05) is 19.7 Å². The van der Waals surface area contributed by atoms with Gasteiger partial charge in [0, 0.05) is 19.1 Å². The summed E-state index contributed by atoms with van der Waals surface area (Å²) in [4.78, 5) is 0. The van der Waals surface area contributed by atoms with E-state index in [1.54, 1.807) is 0 Å². The highest BCUT2D eigenvalue weighted by atomic mass is 16.5. The summed E-state index contributed by atoms with van der Waals surface area (Å²) in [6.45, 7) is 9.61. The van der Waals surface area contributed by atoms with Crippen LogP contribution < -0.4 is 5.32 Å². The Morgan fingerprint density at radius 1 is 1.22 bits per heavy atom. The summed E-state index contributed by atoms with van der Waals surface area (Å²) in [5.74, 6) is 0.623. The van der Waals surface area contributed by atoms with Crippen LogP contribution in [0.25, 0.3) is 0 Å². The van der Waals surface area contributed by atoms with E-state index in [1.807, 2.05) is 0 Å². The van der Waals surface area contributed by atoms with E-state index in [2.05, 4.69) is 44.3 Å². The Morgan fingerprint density at radius 2 is 1.94 bits per heavy atom. The van der Waals surface area contributed by atoms with Gasteiger partial charge in [-0.05, 0) is 38.8 Å². The lowest BCUT2D eigenvalue weighted by atomic mass is 9.93. The zero-order chi connectivity index (χ0) is 13.0. The van der Waals surface area contributed by atoms with Crippen LogP contribution in [-0.4, -0.2) is 19.7 Å². The first-order valence-corrected chi connectivity index (χ1v) is 7.11. The van der Waals surface area contributed by atoms with Gasteiger partial charge in [-0.3, -0.25) is 0 Å². The Balaban J connectivity index is 2.05. The van der Waals surface area contributed by atoms with Gasteiger partial charge in [-0.15, -0.1) is 0 Å². The van der Waals surface area contributed by atoms with Crippen molar-refractivity contribution in [3.05, 3.63) is 34.9 Å². The van der Waals surface area contributed by atoms with E-state index < -0.39 is 0 Å². The first kappa shape index (κ1) is 13.6. The van der Waals surface area contributed by atoms with E-state index in [0.29, 0.717) is 5.92 Å².